The number of rotatable bonds is 1. The molecule has 1 aliphatic carbocycles. The first-order valence-corrected chi connectivity index (χ1v) is 5.60. The van der Waals surface area contributed by atoms with E-state index in [1.54, 1.807) is 0 Å². The summed E-state index contributed by atoms with van der Waals surface area (Å²) in [7, 11) is 0. The molecule has 14 heavy (non-hydrogen) atoms. The number of hydrogen-bond donors (Lipinski definition) is 0. The zero-order chi connectivity index (χ0) is 10.6. The van der Waals surface area contributed by atoms with Crippen LogP contribution in [0.1, 0.15) is 43.9 Å². The molecule has 76 valence electrons. The molecule has 0 atom stereocenters. The number of fused-ring (bicyclic) bond motifs is 1. The number of aryl methyl sites for hydroxylation is 1. The Balaban J connectivity index is 0.000000461. The molecule has 0 heterocycles. The highest BCUT2D eigenvalue weighted by Gasteiger charge is 2.11. The van der Waals surface area contributed by atoms with Gasteiger partial charge in [0.25, 0.3) is 0 Å². The van der Waals surface area contributed by atoms with Crippen molar-refractivity contribution in [1.82, 2.24) is 0 Å². The second kappa shape index (κ2) is 4.99. The van der Waals surface area contributed by atoms with Crippen molar-refractivity contribution in [3.05, 3.63) is 41.0 Å². The third-order valence-electron chi connectivity index (χ3n) is 2.56. The molecule has 0 saturated heterocycles. The minimum atomic E-state index is 1.14. The van der Waals surface area contributed by atoms with Gasteiger partial charge in [0.05, 0.1) is 0 Å². The minimum Gasteiger partial charge on any atom is -0.0763 e. The molecule has 0 nitrogen and oxygen atoms in total. The zero-order valence-electron chi connectivity index (χ0n) is 9.72. The molecule has 0 saturated carbocycles. The van der Waals surface area contributed by atoms with Gasteiger partial charge in [-0.1, -0.05) is 50.6 Å². The molecule has 0 heteroatoms. The molecule has 0 unspecified atom stereocenters. The normalized spacial score (nSPS) is 12.7. The van der Waals surface area contributed by atoms with Crippen molar-refractivity contribution in [2.24, 2.45) is 0 Å². The van der Waals surface area contributed by atoms with E-state index in [1.807, 2.05) is 13.8 Å². The summed E-state index contributed by atoms with van der Waals surface area (Å²) in [6.07, 6.45) is 4.65. The molecule has 1 aromatic rings. The summed E-state index contributed by atoms with van der Waals surface area (Å²) in [6.45, 7) is 8.38. The lowest BCUT2D eigenvalue weighted by Gasteiger charge is -2.03. The molecule has 0 N–H and O–H groups in total. The van der Waals surface area contributed by atoms with Crippen LogP contribution in [0.25, 0.3) is 5.57 Å². The van der Waals surface area contributed by atoms with Gasteiger partial charge in [-0.3, -0.25) is 0 Å². The van der Waals surface area contributed by atoms with Crippen LogP contribution in [0.2, 0.25) is 0 Å². The average molecular weight is 188 g/mol. The fraction of sp³-hybridized carbons (Fsp3) is 0.429. The lowest BCUT2D eigenvalue weighted by Crippen LogP contribution is -1.84. The van der Waals surface area contributed by atoms with Gasteiger partial charge in [0.2, 0.25) is 0 Å². The molecular formula is C14H20. The Hall–Kier alpha value is -1.04. The van der Waals surface area contributed by atoms with Crippen LogP contribution >= 0.6 is 0 Å². The second-order valence-electron chi connectivity index (χ2n) is 3.45. The van der Waals surface area contributed by atoms with Gasteiger partial charge in [-0.15, -0.1) is 0 Å². The maximum absolute atomic E-state index is 2.35. The molecule has 0 aromatic heterocycles. The summed E-state index contributed by atoms with van der Waals surface area (Å²) in [6, 6.07) is 6.76. The van der Waals surface area contributed by atoms with Gasteiger partial charge in [-0.2, -0.15) is 0 Å². The first-order valence-electron chi connectivity index (χ1n) is 5.60. The van der Waals surface area contributed by atoms with Gasteiger partial charge >= 0.3 is 0 Å². The van der Waals surface area contributed by atoms with Crippen LogP contribution in [0.3, 0.4) is 0 Å². The van der Waals surface area contributed by atoms with E-state index >= 15 is 0 Å². The fourth-order valence-electron chi connectivity index (χ4n) is 1.88. The molecule has 1 aromatic carbocycles. The van der Waals surface area contributed by atoms with Crippen molar-refractivity contribution in [2.45, 2.75) is 40.5 Å². The van der Waals surface area contributed by atoms with Crippen LogP contribution in [-0.4, -0.2) is 0 Å². The van der Waals surface area contributed by atoms with Crippen LogP contribution in [0.15, 0.2) is 24.3 Å². The van der Waals surface area contributed by atoms with Crippen molar-refractivity contribution in [1.29, 1.82) is 0 Å². The summed E-state index contributed by atoms with van der Waals surface area (Å²) in [5, 5.41) is 0. The van der Waals surface area contributed by atoms with Gasteiger partial charge in [0, 0.05) is 0 Å². The largest absolute Gasteiger partial charge is 0.0763 e. The van der Waals surface area contributed by atoms with E-state index < -0.39 is 0 Å². The zero-order valence-corrected chi connectivity index (χ0v) is 9.72. The van der Waals surface area contributed by atoms with Crippen molar-refractivity contribution in [3.63, 3.8) is 0 Å². The van der Waals surface area contributed by atoms with E-state index in [-0.39, 0.29) is 0 Å². The molecule has 2 rings (SSSR count). The van der Waals surface area contributed by atoms with Gasteiger partial charge in [0.1, 0.15) is 0 Å². The summed E-state index contributed by atoms with van der Waals surface area (Å²) >= 11 is 0. The average Bonchev–Trinajstić information content (AvgIpc) is 2.62. The number of hydrogen-bond acceptors (Lipinski definition) is 0. The third-order valence-corrected chi connectivity index (χ3v) is 2.56. The highest BCUT2D eigenvalue weighted by Crippen LogP contribution is 2.29. The van der Waals surface area contributed by atoms with E-state index in [9.17, 15) is 0 Å². The highest BCUT2D eigenvalue weighted by molar-refractivity contribution is 5.73. The van der Waals surface area contributed by atoms with E-state index in [2.05, 4.69) is 38.1 Å². The first kappa shape index (κ1) is 11.0. The summed E-state index contributed by atoms with van der Waals surface area (Å²) in [5.74, 6) is 0. The molecule has 0 radical (unpaired) electrons. The van der Waals surface area contributed by atoms with Crippen molar-refractivity contribution in [2.75, 3.05) is 0 Å². The monoisotopic (exact) mass is 188 g/mol. The molecule has 0 spiro atoms. The Kier molecular flexibility index (Phi) is 3.94. The standard InChI is InChI=1S/C12H14.C2H6/c1-3-10-5-6-11-8-9(2)4-7-12(10)11;1-2/h4-5,7-8H,3,6H2,1-2H3;1-2H3. The van der Waals surface area contributed by atoms with Crippen LogP contribution in [0.4, 0.5) is 0 Å². The van der Waals surface area contributed by atoms with E-state index in [0.29, 0.717) is 0 Å². The van der Waals surface area contributed by atoms with Crippen LogP contribution in [0, 0.1) is 6.92 Å². The van der Waals surface area contributed by atoms with Crippen LogP contribution < -0.4 is 0 Å². The Morgan fingerprint density at radius 3 is 2.57 bits per heavy atom. The maximum Gasteiger partial charge on any atom is -0.00853 e. The van der Waals surface area contributed by atoms with Crippen molar-refractivity contribution < 1.29 is 0 Å². The summed E-state index contributed by atoms with van der Waals surface area (Å²) in [4.78, 5) is 0. The van der Waals surface area contributed by atoms with Gasteiger partial charge in [-0.05, 0) is 36.5 Å². The molecule has 1 aliphatic rings. The molecule has 0 bridgehead atoms. The SMILES string of the molecule is CC.CCC1=CCc2cc(C)ccc21. The topological polar surface area (TPSA) is 0 Å². The van der Waals surface area contributed by atoms with Gasteiger partial charge in [0.15, 0.2) is 0 Å². The van der Waals surface area contributed by atoms with Gasteiger partial charge < -0.3 is 0 Å². The van der Waals surface area contributed by atoms with Crippen LogP contribution in [-0.2, 0) is 6.42 Å². The van der Waals surface area contributed by atoms with E-state index in [4.69, 9.17) is 0 Å². The minimum absolute atomic E-state index is 1.14. The third kappa shape index (κ3) is 2.06. The lowest BCUT2D eigenvalue weighted by molar-refractivity contribution is 1.24. The van der Waals surface area contributed by atoms with Gasteiger partial charge in [-0.25, -0.2) is 0 Å². The van der Waals surface area contributed by atoms with Crippen molar-refractivity contribution in [3.8, 4) is 0 Å². The Bertz CT molecular complexity index is 332. The Labute approximate surface area is 87.7 Å². The summed E-state index contributed by atoms with van der Waals surface area (Å²) < 4.78 is 0. The highest BCUT2D eigenvalue weighted by atomic mass is 14.2. The smallest absolute Gasteiger partial charge is 0.00853 e. The molecular weight excluding hydrogens is 168 g/mol. The quantitative estimate of drug-likeness (QED) is 0.614. The maximum atomic E-state index is 2.35. The van der Waals surface area contributed by atoms with Crippen molar-refractivity contribution >= 4 is 5.57 Å². The lowest BCUT2D eigenvalue weighted by atomic mass is 10.0. The van der Waals surface area contributed by atoms with E-state index in [0.717, 1.165) is 12.8 Å². The molecule has 0 amide bonds. The Morgan fingerprint density at radius 2 is 1.93 bits per heavy atom. The predicted octanol–water partition coefficient (Wildman–Crippen LogP) is 4.37. The van der Waals surface area contributed by atoms with E-state index in [1.165, 1.54) is 22.3 Å². The Morgan fingerprint density at radius 1 is 1.21 bits per heavy atom. The molecule has 0 fully saturated rings. The fourth-order valence-corrected chi connectivity index (χ4v) is 1.88. The number of benzene rings is 1. The predicted molar refractivity (Wildman–Crippen MR) is 64.5 cm³/mol. The number of allylic oxidation sites excluding steroid dienone is 2. The second-order valence-corrected chi connectivity index (χ2v) is 3.45. The molecule has 0 aliphatic heterocycles. The van der Waals surface area contributed by atoms with Crippen LogP contribution in [0.5, 0.6) is 0 Å². The first-order chi connectivity index (χ1) is 6.81. The summed E-state index contributed by atoms with van der Waals surface area (Å²) in [5.41, 5.74) is 5.87.